The fourth-order valence-electron chi connectivity index (χ4n) is 4.28. The molecule has 1 aliphatic heterocycles. The van der Waals surface area contributed by atoms with E-state index in [4.69, 9.17) is 0 Å². The number of carbonyl (C=O) groups excluding carboxylic acids is 1. The normalized spacial score (nSPS) is 13.3. The van der Waals surface area contributed by atoms with E-state index < -0.39 is 0 Å². The number of benzene rings is 3. The second-order valence-corrected chi connectivity index (χ2v) is 7.93. The van der Waals surface area contributed by atoms with Crippen molar-refractivity contribution in [3.8, 4) is 0 Å². The molecule has 0 atom stereocenters. The van der Waals surface area contributed by atoms with Gasteiger partial charge >= 0.3 is 0 Å². The molecule has 154 valence electrons. The third-order valence-electron chi connectivity index (χ3n) is 5.95. The predicted octanol–water partition coefficient (Wildman–Crippen LogP) is 4.49. The first-order valence-corrected chi connectivity index (χ1v) is 10.5. The van der Waals surface area contributed by atoms with Gasteiger partial charge in [0.05, 0.1) is 17.8 Å². The van der Waals surface area contributed by atoms with Crippen LogP contribution in [0.5, 0.6) is 0 Å². The molecule has 0 saturated carbocycles. The van der Waals surface area contributed by atoms with Crippen LogP contribution in [0.15, 0.2) is 73.1 Å². The highest BCUT2D eigenvalue weighted by atomic mass is 19.1. The van der Waals surface area contributed by atoms with E-state index >= 15 is 0 Å². The maximum Gasteiger partial charge on any atom is 0.227 e. The van der Waals surface area contributed by atoms with Crippen LogP contribution in [0.2, 0.25) is 0 Å². The number of fused-ring (bicyclic) bond motifs is 2. The highest BCUT2D eigenvalue weighted by Gasteiger charge is 2.24. The number of aromatic nitrogens is 2. The van der Waals surface area contributed by atoms with Gasteiger partial charge in [0.25, 0.3) is 0 Å². The van der Waals surface area contributed by atoms with Crippen LogP contribution in [0.3, 0.4) is 0 Å². The van der Waals surface area contributed by atoms with Gasteiger partial charge in [-0.1, -0.05) is 54.6 Å². The number of carbonyl (C=O) groups is 1. The number of amides is 1. The summed E-state index contributed by atoms with van der Waals surface area (Å²) in [5.41, 5.74) is 4.95. The summed E-state index contributed by atoms with van der Waals surface area (Å²) in [5, 5.41) is 2.27. The predicted molar refractivity (Wildman–Crippen MR) is 118 cm³/mol. The highest BCUT2D eigenvalue weighted by molar-refractivity contribution is 5.90. The first kappa shape index (κ1) is 19.4. The highest BCUT2D eigenvalue weighted by Crippen LogP contribution is 2.24. The van der Waals surface area contributed by atoms with Crippen molar-refractivity contribution in [1.82, 2.24) is 14.9 Å². The second-order valence-electron chi connectivity index (χ2n) is 7.93. The van der Waals surface area contributed by atoms with Crippen molar-refractivity contribution in [1.29, 1.82) is 0 Å². The topological polar surface area (TPSA) is 46.1 Å². The molecule has 5 heteroatoms. The van der Waals surface area contributed by atoms with E-state index in [1.807, 2.05) is 29.2 Å². The van der Waals surface area contributed by atoms with Crippen LogP contribution in [0.1, 0.15) is 28.1 Å². The van der Waals surface area contributed by atoms with Crippen molar-refractivity contribution in [3.05, 3.63) is 107 Å². The van der Waals surface area contributed by atoms with E-state index in [1.54, 1.807) is 18.5 Å². The summed E-state index contributed by atoms with van der Waals surface area (Å²) < 4.78 is 13.2. The van der Waals surface area contributed by atoms with Crippen LogP contribution in [0.25, 0.3) is 10.8 Å². The van der Waals surface area contributed by atoms with Gasteiger partial charge in [-0.25, -0.2) is 14.4 Å². The van der Waals surface area contributed by atoms with Crippen molar-refractivity contribution in [2.24, 2.45) is 0 Å². The molecular formula is C26H22FN3O. The van der Waals surface area contributed by atoms with E-state index in [9.17, 15) is 9.18 Å². The van der Waals surface area contributed by atoms with Crippen molar-refractivity contribution in [2.75, 3.05) is 6.54 Å². The van der Waals surface area contributed by atoms with Crippen molar-refractivity contribution < 1.29 is 9.18 Å². The minimum Gasteiger partial charge on any atom is -0.338 e. The molecule has 1 aliphatic rings. The molecule has 1 aromatic heterocycles. The Kier molecular flexibility index (Phi) is 5.16. The van der Waals surface area contributed by atoms with Crippen LogP contribution >= 0.6 is 0 Å². The summed E-state index contributed by atoms with van der Waals surface area (Å²) in [6, 6.07) is 20.7. The van der Waals surface area contributed by atoms with Gasteiger partial charge in [-0.05, 0) is 34.0 Å². The van der Waals surface area contributed by atoms with Crippen LogP contribution in [-0.4, -0.2) is 27.3 Å². The lowest BCUT2D eigenvalue weighted by atomic mass is 9.98. The third-order valence-corrected chi connectivity index (χ3v) is 5.95. The molecule has 0 fully saturated rings. The molecule has 0 bridgehead atoms. The molecule has 31 heavy (non-hydrogen) atoms. The Labute approximate surface area is 180 Å². The molecule has 0 unspecified atom stereocenters. The lowest BCUT2D eigenvalue weighted by Gasteiger charge is -2.29. The quantitative estimate of drug-likeness (QED) is 0.497. The molecule has 0 N–H and O–H groups in total. The van der Waals surface area contributed by atoms with Gasteiger partial charge in [0, 0.05) is 31.5 Å². The molecule has 2 heterocycles. The minimum atomic E-state index is -0.251. The van der Waals surface area contributed by atoms with Crippen molar-refractivity contribution in [3.63, 3.8) is 0 Å². The average molecular weight is 411 g/mol. The van der Waals surface area contributed by atoms with Gasteiger partial charge in [0.1, 0.15) is 12.1 Å². The summed E-state index contributed by atoms with van der Waals surface area (Å²) in [6.45, 7) is 1.17. The molecule has 4 aromatic rings. The van der Waals surface area contributed by atoms with E-state index in [0.29, 0.717) is 25.9 Å². The Morgan fingerprint density at radius 3 is 2.65 bits per heavy atom. The number of rotatable bonds is 4. The molecule has 5 rings (SSSR count). The number of hydrogen-bond donors (Lipinski definition) is 0. The lowest BCUT2D eigenvalue weighted by molar-refractivity contribution is -0.131. The fraction of sp³-hybridized carbons (Fsp3) is 0.192. The van der Waals surface area contributed by atoms with Gasteiger partial charge in [0.2, 0.25) is 5.91 Å². The van der Waals surface area contributed by atoms with Gasteiger partial charge in [-0.3, -0.25) is 4.79 Å². The van der Waals surface area contributed by atoms with Crippen molar-refractivity contribution >= 4 is 16.7 Å². The molecule has 0 saturated heterocycles. The summed E-state index contributed by atoms with van der Waals surface area (Å²) >= 11 is 0. The minimum absolute atomic E-state index is 0.110. The van der Waals surface area contributed by atoms with E-state index in [1.165, 1.54) is 12.1 Å². The van der Waals surface area contributed by atoms with Crippen LogP contribution in [0.4, 0.5) is 4.39 Å². The number of halogens is 1. The molecule has 4 nitrogen and oxygen atoms in total. The molecule has 0 spiro atoms. The molecule has 0 radical (unpaired) electrons. The molecule has 0 aliphatic carbocycles. The lowest BCUT2D eigenvalue weighted by Crippen LogP contribution is -2.38. The van der Waals surface area contributed by atoms with E-state index in [2.05, 4.69) is 28.2 Å². The standard InChI is InChI=1S/C26H22FN3O/c27-21-10-8-18(9-11-21)14-25-23-16-30(13-12-24(23)28-17-29-25)26(31)15-20-6-3-5-19-4-1-2-7-22(19)20/h1-11,17H,12-16H2. The molecular weight excluding hydrogens is 389 g/mol. The smallest absolute Gasteiger partial charge is 0.227 e. The number of nitrogens with zero attached hydrogens (tertiary/aromatic N) is 3. The Bertz CT molecular complexity index is 1250. The summed E-state index contributed by atoms with van der Waals surface area (Å²) in [7, 11) is 0. The van der Waals surface area contributed by atoms with Gasteiger partial charge in [-0.2, -0.15) is 0 Å². The van der Waals surface area contributed by atoms with Crippen molar-refractivity contribution in [2.45, 2.75) is 25.8 Å². The van der Waals surface area contributed by atoms with E-state index in [0.717, 1.165) is 45.3 Å². The Morgan fingerprint density at radius 2 is 1.77 bits per heavy atom. The van der Waals surface area contributed by atoms with Gasteiger partial charge in [-0.15, -0.1) is 0 Å². The van der Waals surface area contributed by atoms with Crippen LogP contribution in [0, 0.1) is 5.82 Å². The van der Waals surface area contributed by atoms with Gasteiger partial charge < -0.3 is 4.90 Å². The maximum atomic E-state index is 13.2. The Morgan fingerprint density at radius 1 is 0.968 bits per heavy atom. The monoisotopic (exact) mass is 411 g/mol. The zero-order chi connectivity index (χ0) is 21.2. The largest absolute Gasteiger partial charge is 0.338 e. The zero-order valence-corrected chi connectivity index (χ0v) is 17.1. The Hall–Kier alpha value is -3.60. The summed E-state index contributed by atoms with van der Waals surface area (Å²) in [4.78, 5) is 24.0. The van der Waals surface area contributed by atoms with E-state index in [-0.39, 0.29) is 11.7 Å². The maximum absolute atomic E-state index is 13.2. The number of hydrogen-bond acceptors (Lipinski definition) is 3. The van der Waals surface area contributed by atoms with Gasteiger partial charge in [0.15, 0.2) is 0 Å². The first-order valence-electron chi connectivity index (χ1n) is 10.5. The zero-order valence-electron chi connectivity index (χ0n) is 17.1. The summed E-state index contributed by atoms with van der Waals surface area (Å²) in [6.07, 6.45) is 3.27. The Balaban J connectivity index is 1.37. The molecule has 1 amide bonds. The SMILES string of the molecule is O=C(Cc1cccc2ccccc12)N1CCc2ncnc(Cc3ccc(F)cc3)c2C1. The first-order chi connectivity index (χ1) is 15.2. The van der Waals surface area contributed by atoms with Crippen LogP contribution < -0.4 is 0 Å². The molecule has 3 aromatic carbocycles. The second kappa shape index (κ2) is 8.26. The summed E-state index contributed by atoms with van der Waals surface area (Å²) in [5.74, 6) is -0.141. The fourth-order valence-corrected chi connectivity index (χ4v) is 4.28. The van der Waals surface area contributed by atoms with Crippen LogP contribution in [-0.2, 0) is 30.6 Å². The average Bonchev–Trinajstić information content (AvgIpc) is 2.81. The third kappa shape index (κ3) is 4.04.